The van der Waals surface area contributed by atoms with E-state index in [1.54, 1.807) is 0 Å². The zero-order valence-electron chi connectivity index (χ0n) is 10.2. The number of pyridine rings is 1. The molecular formula is C11H13ClN4O4. The van der Waals surface area contributed by atoms with Crippen molar-refractivity contribution in [1.29, 1.82) is 0 Å². The van der Waals surface area contributed by atoms with Gasteiger partial charge in [-0.3, -0.25) is 4.57 Å². The van der Waals surface area contributed by atoms with Crippen LogP contribution in [0.5, 0.6) is 0 Å². The van der Waals surface area contributed by atoms with E-state index < -0.39 is 31.1 Å². The number of aliphatic hydroxyl groups excluding tert-OH is 3. The van der Waals surface area contributed by atoms with E-state index in [2.05, 4.69) is 9.97 Å². The Kier molecular flexibility index (Phi) is 3.27. The number of hydrogen-bond donors (Lipinski definition) is 4. The Labute approximate surface area is 118 Å². The molecule has 1 fully saturated rings. The molecule has 2 aromatic heterocycles. The third kappa shape index (κ3) is 1.85. The number of fused-ring (bicyclic) bond motifs is 1. The second-order valence-corrected chi connectivity index (χ2v) is 4.98. The number of nitrogens with zero attached hydrogens (tertiary/aromatic N) is 3. The van der Waals surface area contributed by atoms with Crippen LogP contribution in [0.1, 0.15) is 6.23 Å². The monoisotopic (exact) mass is 300 g/mol. The van der Waals surface area contributed by atoms with Crippen LogP contribution in [0.2, 0.25) is 5.02 Å². The number of nitrogens with two attached hydrogens (primary N) is 1. The third-order valence-electron chi connectivity index (χ3n) is 3.37. The van der Waals surface area contributed by atoms with E-state index in [1.165, 1.54) is 17.1 Å². The van der Waals surface area contributed by atoms with Gasteiger partial charge < -0.3 is 25.8 Å². The lowest BCUT2D eigenvalue weighted by molar-refractivity contribution is -0.0508. The number of hydrogen-bond acceptors (Lipinski definition) is 7. The standard InChI is InChI=1S/C11H13ClN4O4/c12-4-1-14-10(13)6-7(4)16(3-15-6)11-9(19)8(18)5(2-17)20-11/h1,3,5,8-9,11,17-19H,2H2,(H2,13,14)/t5-,8-,9-,11+/m1/s1. The van der Waals surface area contributed by atoms with Gasteiger partial charge in [0.15, 0.2) is 12.0 Å². The third-order valence-corrected chi connectivity index (χ3v) is 3.65. The van der Waals surface area contributed by atoms with Gasteiger partial charge in [-0.2, -0.15) is 0 Å². The van der Waals surface area contributed by atoms with Gasteiger partial charge in [-0.1, -0.05) is 11.6 Å². The first-order valence-corrected chi connectivity index (χ1v) is 6.31. The first-order valence-electron chi connectivity index (χ1n) is 5.93. The number of aromatic nitrogens is 3. The predicted molar refractivity (Wildman–Crippen MR) is 70.0 cm³/mol. The van der Waals surface area contributed by atoms with Crippen LogP contribution in [0, 0.1) is 0 Å². The van der Waals surface area contributed by atoms with Gasteiger partial charge in [0.1, 0.15) is 23.8 Å². The van der Waals surface area contributed by atoms with Gasteiger partial charge in [0, 0.05) is 0 Å². The zero-order chi connectivity index (χ0) is 14.4. The van der Waals surface area contributed by atoms with Crippen molar-refractivity contribution in [3.63, 3.8) is 0 Å². The molecule has 8 nitrogen and oxygen atoms in total. The normalized spacial score (nSPS) is 30.2. The summed E-state index contributed by atoms with van der Waals surface area (Å²) in [5.41, 5.74) is 6.55. The smallest absolute Gasteiger partial charge is 0.164 e. The number of rotatable bonds is 2. The molecule has 3 rings (SSSR count). The molecule has 1 aliphatic heterocycles. The fraction of sp³-hybridized carbons (Fsp3) is 0.455. The van der Waals surface area contributed by atoms with Gasteiger partial charge in [0.05, 0.1) is 29.7 Å². The molecule has 0 aromatic carbocycles. The molecule has 1 saturated heterocycles. The van der Waals surface area contributed by atoms with Gasteiger partial charge in [-0.25, -0.2) is 9.97 Å². The highest BCUT2D eigenvalue weighted by Crippen LogP contribution is 2.34. The molecule has 0 unspecified atom stereocenters. The maximum atomic E-state index is 10.0. The van der Waals surface area contributed by atoms with Crippen molar-refractivity contribution in [2.45, 2.75) is 24.5 Å². The summed E-state index contributed by atoms with van der Waals surface area (Å²) in [6, 6.07) is 0. The molecule has 0 aliphatic carbocycles. The molecule has 0 amide bonds. The van der Waals surface area contributed by atoms with Crippen molar-refractivity contribution < 1.29 is 20.1 Å². The van der Waals surface area contributed by atoms with Crippen molar-refractivity contribution in [2.24, 2.45) is 0 Å². The fourth-order valence-electron chi connectivity index (χ4n) is 2.34. The van der Waals surface area contributed by atoms with Crippen LogP contribution in [-0.4, -0.2) is 54.8 Å². The van der Waals surface area contributed by atoms with Crippen LogP contribution in [0.15, 0.2) is 12.5 Å². The molecule has 0 bridgehead atoms. The number of imidazole rings is 1. The fourth-order valence-corrected chi connectivity index (χ4v) is 2.57. The molecule has 20 heavy (non-hydrogen) atoms. The molecule has 9 heteroatoms. The lowest BCUT2D eigenvalue weighted by Gasteiger charge is -2.17. The summed E-state index contributed by atoms with van der Waals surface area (Å²) in [7, 11) is 0. The first-order chi connectivity index (χ1) is 9.54. The summed E-state index contributed by atoms with van der Waals surface area (Å²) < 4.78 is 6.91. The van der Waals surface area contributed by atoms with Crippen molar-refractivity contribution >= 4 is 28.5 Å². The highest BCUT2D eigenvalue weighted by Gasteiger charge is 2.43. The van der Waals surface area contributed by atoms with Crippen molar-refractivity contribution in [3.05, 3.63) is 17.5 Å². The van der Waals surface area contributed by atoms with Gasteiger partial charge in [-0.05, 0) is 0 Å². The summed E-state index contributed by atoms with van der Waals surface area (Å²) in [5.74, 6) is 0.204. The van der Waals surface area contributed by atoms with Crippen LogP contribution in [0.4, 0.5) is 5.82 Å². The molecule has 108 valence electrons. The molecule has 1 aliphatic rings. The maximum Gasteiger partial charge on any atom is 0.164 e. The minimum absolute atomic E-state index is 0.204. The number of nitrogen functional groups attached to an aromatic ring is 1. The summed E-state index contributed by atoms with van der Waals surface area (Å²) in [5, 5.41) is 29.2. The van der Waals surface area contributed by atoms with Crippen molar-refractivity contribution in [2.75, 3.05) is 12.3 Å². The predicted octanol–water partition coefficient (Wildman–Crippen LogP) is -0.722. The average Bonchev–Trinajstić information content (AvgIpc) is 2.99. The molecular weight excluding hydrogens is 288 g/mol. The van der Waals surface area contributed by atoms with Gasteiger partial charge in [0.2, 0.25) is 0 Å². The Morgan fingerprint density at radius 2 is 2.10 bits per heavy atom. The van der Waals surface area contributed by atoms with E-state index >= 15 is 0 Å². The Morgan fingerprint density at radius 3 is 2.75 bits per heavy atom. The van der Waals surface area contributed by atoms with Crippen molar-refractivity contribution in [3.8, 4) is 0 Å². The first kappa shape index (κ1) is 13.5. The van der Waals surface area contributed by atoms with Crippen LogP contribution in [0.3, 0.4) is 0 Å². The van der Waals surface area contributed by atoms with Crippen LogP contribution < -0.4 is 5.73 Å². The van der Waals surface area contributed by atoms with E-state index in [0.717, 1.165) is 0 Å². The number of anilines is 1. The van der Waals surface area contributed by atoms with E-state index in [4.69, 9.17) is 27.2 Å². The summed E-state index contributed by atoms with van der Waals surface area (Å²) in [6.07, 6.45) is -1.42. The summed E-state index contributed by atoms with van der Waals surface area (Å²) in [4.78, 5) is 7.98. The lowest BCUT2D eigenvalue weighted by Crippen LogP contribution is -2.33. The minimum atomic E-state index is -1.21. The number of ether oxygens (including phenoxy) is 1. The average molecular weight is 301 g/mol. The van der Waals surface area contributed by atoms with Crippen LogP contribution >= 0.6 is 11.6 Å². The van der Waals surface area contributed by atoms with E-state index in [-0.39, 0.29) is 5.82 Å². The van der Waals surface area contributed by atoms with E-state index in [1.807, 2.05) is 0 Å². The van der Waals surface area contributed by atoms with Gasteiger partial charge in [0.25, 0.3) is 0 Å². The maximum absolute atomic E-state index is 10.0. The summed E-state index contributed by atoms with van der Waals surface area (Å²) in [6.45, 7) is -0.404. The largest absolute Gasteiger partial charge is 0.394 e. The Hall–Kier alpha value is -1.45. The topological polar surface area (TPSA) is 127 Å². The van der Waals surface area contributed by atoms with Crippen molar-refractivity contribution in [1.82, 2.24) is 14.5 Å². The Morgan fingerprint density at radius 1 is 1.35 bits per heavy atom. The molecule has 0 spiro atoms. The van der Waals surface area contributed by atoms with Crippen LogP contribution in [0.25, 0.3) is 11.0 Å². The second kappa shape index (κ2) is 4.83. The van der Waals surface area contributed by atoms with Gasteiger partial charge in [-0.15, -0.1) is 0 Å². The number of halogens is 1. The summed E-state index contributed by atoms with van der Waals surface area (Å²) >= 11 is 6.08. The lowest BCUT2D eigenvalue weighted by atomic mass is 10.1. The molecule has 0 radical (unpaired) electrons. The van der Waals surface area contributed by atoms with Gasteiger partial charge >= 0.3 is 0 Å². The molecule has 3 heterocycles. The molecule has 2 aromatic rings. The number of aliphatic hydroxyl groups is 3. The van der Waals surface area contributed by atoms with E-state index in [9.17, 15) is 10.2 Å². The molecule has 4 atom stereocenters. The zero-order valence-corrected chi connectivity index (χ0v) is 11.0. The second-order valence-electron chi connectivity index (χ2n) is 4.57. The molecule has 0 saturated carbocycles. The SMILES string of the molecule is Nc1ncc(Cl)c2c1ncn2[C@H]1O[C@H](CO)[C@@H](O)[C@H]1O. The highest BCUT2D eigenvalue weighted by atomic mass is 35.5. The minimum Gasteiger partial charge on any atom is -0.394 e. The Balaban J connectivity index is 2.10. The quantitative estimate of drug-likeness (QED) is 0.576. The highest BCUT2D eigenvalue weighted by molar-refractivity contribution is 6.35. The Bertz CT molecular complexity index is 649. The molecule has 5 N–H and O–H groups in total. The van der Waals surface area contributed by atoms with E-state index in [0.29, 0.717) is 16.1 Å². The van der Waals surface area contributed by atoms with Crippen LogP contribution in [-0.2, 0) is 4.74 Å².